The highest BCUT2D eigenvalue weighted by Crippen LogP contribution is 2.30. The molecule has 0 N–H and O–H groups in total. The molecule has 134 valence electrons. The second-order valence-electron chi connectivity index (χ2n) is 6.29. The number of rotatable bonds is 4. The molecule has 0 amide bonds. The minimum atomic E-state index is -4.35. The van der Waals surface area contributed by atoms with Crippen LogP contribution in [0.2, 0.25) is 0 Å². The highest BCUT2D eigenvalue weighted by molar-refractivity contribution is 5.40. The van der Waals surface area contributed by atoms with E-state index < -0.39 is 11.7 Å². The maximum Gasteiger partial charge on any atom is 0.417 e. The van der Waals surface area contributed by atoms with Gasteiger partial charge in [-0.1, -0.05) is 0 Å². The minimum absolute atomic E-state index is 0.429. The first-order valence-corrected chi connectivity index (χ1v) is 8.25. The Balaban J connectivity index is 1.51. The van der Waals surface area contributed by atoms with E-state index in [9.17, 15) is 13.2 Å². The highest BCUT2D eigenvalue weighted by Gasteiger charge is 2.31. The summed E-state index contributed by atoms with van der Waals surface area (Å²) in [7, 11) is 0. The average Bonchev–Trinajstić information content (AvgIpc) is 2.61. The van der Waals surface area contributed by atoms with Gasteiger partial charge in [0.15, 0.2) is 0 Å². The number of aryl methyl sites for hydroxylation is 1. The Morgan fingerprint density at radius 2 is 1.92 bits per heavy atom. The summed E-state index contributed by atoms with van der Waals surface area (Å²) < 4.78 is 43.7. The number of aromatic nitrogens is 2. The largest absolute Gasteiger partial charge is 0.493 e. The van der Waals surface area contributed by atoms with Gasteiger partial charge in [0.25, 0.3) is 0 Å². The van der Waals surface area contributed by atoms with Crippen molar-refractivity contribution < 1.29 is 17.9 Å². The van der Waals surface area contributed by atoms with Crippen LogP contribution in [0, 0.1) is 12.8 Å². The van der Waals surface area contributed by atoms with Gasteiger partial charge in [0, 0.05) is 37.2 Å². The number of hydrogen-bond acceptors (Lipinski definition) is 4. The van der Waals surface area contributed by atoms with Gasteiger partial charge >= 0.3 is 6.18 Å². The zero-order valence-electron chi connectivity index (χ0n) is 14.0. The topological polar surface area (TPSA) is 38.2 Å². The zero-order valence-corrected chi connectivity index (χ0v) is 14.0. The number of pyridine rings is 2. The van der Waals surface area contributed by atoms with E-state index in [4.69, 9.17) is 4.74 Å². The number of piperidine rings is 1. The van der Waals surface area contributed by atoms with E-state index in [0.29, 0.717) is 18.3 Å². The Morgan fingerprint density at radius 1 is 1.16 bits per heavy atom. The van der Waals surface area contributed by atoms with E-state index in [1.54, 1.807) is 12.4 Å². The van der Waals surface area contributed by atoms with Gasteiger partial charge in [0.2, 0.25) is 0 Å². The predicted octanol–water partition coefficient (Wildman–Crippen LogP) is 4.10. The molecule has 0 spiro atoms. The van der Waals surface area contributed by atoms with Crippen molar-refractivity contribution in [3.63, 3.8) is 0 Å². The summed E-state index contributed by atoms with van der Waals surface area (Å²) in [5.41, 5.74) is 0.293. The fraction of sp³-hybridized carbons (Fsp3) is 0.444. The summed E-state index contributed by atoms with van der Waals surface area (Å²) >= 11 is 0. The van der Waals surface area contributed by atoms with Crippen molar-refractivity contribution >= 4 is 5.82 Å². The van der Waals surface area contributed by atoms with Crippen molar-refractivity contribution in [2.75, 3.05) is 24.6 Å². The monoisotopic (exact) mass is 351 g/mol. The van der Waals surface area contributed by atoms with Crippen LogP contribution in [-0.4, -0.2) is 29.7 Å². The van der Waals surface area contributed by atoms with Crippen LogP contribution in [0.3, 0.4) is 0 Å². The Bertz CT molecular complexity index is 695. The molecule has 0 aromatic carbocycles. The quantitative estimate of drug-likeness (QED) is 0.831. The number of alkyl halides is 3. The van der Waals surface area contributed by atoms with E-state index in [1.165, 1.54) is 6.07 Å². The molecule has 0 unspecified atom stereocenters. The molecule has 1 saturated heterocycles. The predicted molar refractivity (Wildman–Crippen MR) is 88.6 cm³/mol. The normalized spacial score (nSPS) is 16.1. The van der Waals surface area contributed by atoms with Crippen molar-refractivity contribution in [3.8, 4) is 5.75 Å². The second-order valence-corrected chi connectivity index (χ2v) is 6.29. The first-order chi connectivity index (χ1) is 11.9. The lowest BCUT2D eigenvalue weighted by Crippen LogP contribution is -2.36. The van der Waals surface area contributed by atoms with Crippen LogP contribution in [0.1, 0.15) is 24.0 Å². The van der Waals surface area contributed by atoms with Crippen LogP contribution in [-0.2, 0) is 6.18 Å². The maximum atomic E-state index is 12.6. The van der Waals surface area contributed by atoms with E-state index in [2.05, 4.69) is 9.97 Å². The number of halogens is 3. The van der Waals surface area contributed by atoms with Crippen molar-refractivity contribution in [2.45, 2.75) is 25.9 Å². The van der Waals surface area contributed by atoms with Gasteiger partial charge in [-0.3, -0.25) is 4.98 Å². The lowest BCUT2D eigenvalue weighted by Gasteiger charge is -2.32. The van der Waals surface area contributed by atoms with Crippen molar-refractivity contribution in [2.24, 2.45) is 5.92 Å². The van der Waals surface area contributed by atoms with Crippen LogP contribution in [0.25, 0.3) is 0 Å². The number of hydrogen-bond donors (Lipinski definition) is 0. The molecular weight excluding hydrogens is 331 g/mol. The molecule has 3 rings (SSSR count). The first-order valence-electron chi connectivity index (χ1n) is 8.25. The number of anilines is 1. The average molecular weight is 351 g/mol. The van der Waals surface area contributed by atoms with Gasteiger partial charge in [-0.2, -0.15) is 13.2 Å². The van der Waals surface area contributed by atoms with Crippen molar-refractivity contribution in [3.05, 3.63) is 47.9 Å². The van der Waals surface area contributed by atoms with Gasteiger partial charge in [-0.25, -0.2) is 4.98 Å². The Labute approximate surface area is 144 Å². The van der Waals surface area contributed by atoms with Gasteiger partial charge in [0.05, 0.1) is 12.2 Å². The SMILES string of the molecule is Cc1cnccc1OCC1CCN(c2ccc(C(F)(F)F)cn2)CC1. The maximum absolute atomic E-state index is 12.6. The number of ether oxygens (including phenoxy) is 1. The lowest BCUT2D eigenvalue weighted by atomic mass is 9.98. The van der Waals surface area contributed by atoms with E-state index in [-0.39, 0.29) is 0 Å². The van der Waals surface area contributed by atoms with Crippen LogP contribution < -0.4 is 9.64 Å². The molecule has 0 aliphatic carbocycles. The molecule has 4 nitrogen and oxygen atoms in total. The molecule has 0 bridgehead atoms. The zero-order chi connectivity index (χ0) is 17.9. The van der Waals surface area contributed by atoms with E-state index in [1.807, 2.05) is 17.9 Å². The van der Waals surface area contributed by atoms with Gasteiger partial charge in [0.1, 0.15) is 11.6 Å². The third-order valence-electron chi connectivity index (χ3n) is 4.46. The fourth-order valence-electron chi connectivity index (χ4n) is 2.90. The molecule has 2 aromatic heterocycles. The van der Waals surface area contributed by atoms with Crippen molar-refractivity contribution in [1.82, 2.24) is 9.97 Å². The summed E-state index contributed by atoms with van der Waals surface area (Å²) in [5.74, 6) is 1.87. The first kappa shape index (κ1) is 17.5. The third-order valence-corrected chi connectivity index (χ3v) is 4.46. The fourth-order valence-corrected chi connectivity index (χ4v) is 2.90. The van der Waals surface area contributed by atoms with Crippen LogP contribution >= 0.6 is 0 Å². The Hall–Kier alpha value is -2.31. The molecule has 0 radical (unpaired) electrons. The Kier molecular flexibility index (Phi) is 5.11. The molecule has 25 heavy (non-hydrogen) atoms. The van der Waals surface area contributed by atoms with Gasteiger partial charge < -0.3 is 9.64 Å². The minimum Gasteiger partial charge on any atom is -0.493 e. The van der Waals surface area contributed by atoms with Gasteiger partial charge in [-0.15, -0.1) is 0 Å². The van der Waals surface area contributed by atoms with Crippen LogP contribution in [0.15, 0.2) is 36.8 Å². The third kappa shape index (κ3) is 4.41. The summed E-state index contributed by atoms with van der Waals surface area (Å²) in [4.78, 5) is 10.0. The van der Waals surface area contributed by atoms with Crippen molar-refractivity contribution in [1.29, 1.82) is 0 Å². The van der Waals surface area contributed by atoms with Crippen LogP contribution in [0.4, 0.5) is 19.0 Å². The summed E-state index contributed by atoms with van der Waals surface area (Å²) in [6, 6.07) is 4.39. The molecule has 3 heterocycles. The van der Waals surface area contributed by atoms with E-state index in [0.717, 1.165) is 49.5 Å². The molecule has 0 saturated carbocycles. The lowest BCUT2D eigenvalue weighted by molar-refractivity contribution is -0.137. The second kappa shape index (κ2) is 7.29. The highest BCUT2D eigenvalue weighted by atomic mass is 19.4. The molecule has 1 fully saturated rings. The summed E-state index contributed by atoms with van der Waals surface area (Å²) in [5, 5.41) is 0. The molecule has 1 aliphatic heterocycles. The number of nitrogens with zero attached hydrogens (tertiary/aromatic N) is 3. The standard InChI is InChI=1S/C18H20F3N3O/c1-13-10-22-7-4-16(13)25-12-14-5-8-24(9-6-14)17-3-2-15(11-23-17)18(19,20)21/h2-4,7,10-11,14H,5-6,8-9,12H2,1H3. The smallest absolute Gasteiger partial charge is 0.417 e. The van der Waals surface area contributed by atoms with Crippen LogP contribution in [0.5, 0.6) is 5.75 Å². The summed E-state index contributed by atoms with van der Waals surface area (Å²) in [6.45, 7) is 4.13. The molecule has 7 heteroatoms. The molecular formula is C18H20F3N3O. The molecule has 1 aliphatic rings. The van der Waals surface area contributed by atoms with Gasteiger partial charge in [-0.05, 0) is 43.9 Å². The summed E-state index contributed by atoms with van der Waals surface area (Å²) in [6.07, 6.45) is 1.88. The molecule has 2 aromatic rings. The van der Waals surface area contributed by atoms with E-state index >= 15 is 0 Å². The molecule has 0 atom stereocenters. The Morgan fingerprint density at radius 3 is 2.52 bits per heavy atom.